The van der Waals surface area contributed by atoms with Gasteiger partial charge in [-0.25, -0.2) is 9.59 Å². The summed E-state index contributed by atoms with van der Waals surface area (Å²) in [5.41, 5.74) is 5.80. The Bertz CT molecular complexity index is 1690. The summed E-state index contributed by atoms with van der Waals surface area (Å²) in [5.74, 6) is -4.20. The van der Waals surface area contributed by atoms with E-state index in [9.17, 15) is 32.9 Å². The molecular formula is C26H21N3O8S. The largest absolute Gasteiger partial charge is 0.506 e. The lowest BCUT2D eigenvalue weighted by molar-refractivity contribution is -0.139. The van der Waals surface area contributed by atoms with Crippen molar-refractivity contribution in [1.82, 2.24) is 0 Å². The molecule has 3 aromatic carbocycles. The molecule has 194 valence electrons. The lowest BCUT2D eigenvalue weighted by Gasteiger charge is -2.36. The predicted octanol–water partition coefficient (Wildman–Crippen LogP) is 2.69. The van der Waals surface area contributed by atoms with Crippen LogP contribution in [0.25, 0.3) is 10.8 Å². The van der Waals surface area contributed by atoms with Gasteiger partial charge in [0.15, 0.2) is 0 Å². The van der Waals surface area contributed by atoms with Gasteiger partial charge in [0.05, 0.1) is 43.0 Å². The number of rotatable bonds is 5. The molecule has 0 aliphatic carbocycles. The highest BCUT2D eigenvalue weighted by Crippen LogP contribution is 2.48. The lowest BCUT2D eigenvalue weighted by atomic mass is 9.80. The second-order valence-corrected chi connectivity index (χ2v) is 9.49. The number of methoxy groups -OCH3 is 2. The average molecular weight is 536 g/mol. The quantitative estimate of drug-likeness (QED) is 0.323. The summed E-state index contributed by atoms with van der Waals surface area (Å²) in [4.78, 5) is 26.8. The van der Waals surface area contributed by atoms with Crippen LogP contribution in [-0.2, 0) is 29.2 Å². The van der Waals surface area contributed by atoms with Gasteiger partial charge in [-0.3, -0.25) is 9.45 Å². The highest BCUT2D eigenvalue weighted by molar-refractivity contribution is 7.86. The van der Waals surface area contributed by atoms with E-state index in [0.717, 1.165) is 25.2 Å². The molecular weight excluding hydrogens is 514 g/mol. The van der Waals surface area contributed by atoms with Gasteiger partial charge in [0.25, 0.3) is 10.1 Å². The molecule has 11 nitrogen and oxygen atoms in total. The van der Waals surface area contributed by atoms with Crippen LogP contribution in [0.2, 0.25) is 0 Å². The summed E-state index contributed by atoms with van der Waals surface area (Å²) in [6, 6.07) is 16.9. The number of nitrogens with zero attached hydrogens (tertiary/aromatic N) is 2. The van der Waals surface area contributed by atoms with E-state index in [1.165, 1.54) is 24.3 Å². The third-order valence-electron chi connectivity index (χ3n) is 6.07. The molecule has 4 rings (SSSR count). The first-order chi connectivity index (χ1) is 18.1. The van der Waals surface area contributed by atoms with Crippen LogP contribution in [0.4, 0.5) is 5.69 Å². The lowest BCUT2D eigenvalue weighted by Crippen LogP contribution is -2.41. The molecule has 12 heteroatoms. The second kappa shape index (κ2) is 9.89. The zero-order valence-electron chi connectivity index (χ0n) is 20.1. The minimum atomic E-state index is -4.79. The smallest absolute Gasteiger partial charge is 0.355 e. The second-order valence-electron chi connectivity index (χ2n) is 8.10. The third kappa shape index (κ3) is 4.19. The van der Waals surface area contributed by atoms with Crippen molar-refractivity contribution in [3.05, 3.63) is 88.9 Å². The van der Waals surface area contributed by atoms with Crippen LogP contribution < -0.4 is 10.6 Å². The highest BCUT2D eigenvalue weighted by Gasteiger charge is 2.44. The summed E-state index contributed by atoms with van der Waals surface area (Å²) < 4.78 is 43.8. The number of hydrogen-bond acceptors (Lipinski definition) is 10. The first-order valence-electron chi connectivity index (χ1n) is 10.9. The molecule has 1 unspecified atom stereocenters. The normalized spacial score (nSPS) is 15.8. The van der Waals surface area contributed by atoms with E-state index in [2.05, 4.69) is 0 Å². The molecule has 0 bridgehead atoms. The molecule has 0 aromatic heterocycles. The van der Waals surface area contributed by atoms with E-state index < -0.39 is 44.3 Å². The number of phenolic OH excluding ortho intramolecular Hbond substituents is 1. The zero-order valence-corrected chi connectivity index (χ0v) is 20.9. The van der Waals surface area contributed by atoms with Gasteiger partial charge in [0.1, 0.15) is 22.2 Å². The maximum Gasteiger partial charge on any atom is 0.355 e. The summed E-state index contributed by atoms with van der Waals surface area (Å²) in [7, 11) is -2.62. The number of ether oxygens (including phenoxy) is 2. The number of esters is 2. The third-order valence-corrected chi connectivity index (χ3v) is 6.96. The number of benzene rings is 3. The first kappa shape index (κ1) is 26.2. The summed E-state index contributed by atoms with van der Waals surface area (Å²) in [5, 5.41) is 21.2. The highest BCUT2D eigenvalue weighted by atomic mass is 32.2. The predicted molar refractivity (Wildman–Crippen MR) is 135 cm³/mol. The standard InChI is InChI=1S/C26H21N3O8S/c1-36-25(31)21-20(14-8-4-3-5-9-14)17(13-27)24(28)29(23(21)26(32)37-2)22-16-11-7-6-10-15(16)19(12-18(22)30)38(33,34)35/h3-12,20,30H,28H2,1-2H3,(H,33,34,35). The number of anilines is 1. The Morgan fingerprint density at radius 3 is 2.13 bits per heavy atom. The molecule has 1 heterocycles. The van der Waals surface area contributed by atoms with Crippen LogP contribution in [0.15, 0.2) is 88.2 Å². The fourth-order valence-corrected chi connectivity index (χ4v) is 5.22. The Labute approximate surface area is 217 Å². The molecule has 38 heavy (non-hydrogen) atoms. The van der Waals surface area contributed by atoms with Gasteiger partial charge in [0, 0.05) is 16.8 Å². The van der Waals surface area contributed by atoms with E-state index in [-0.39, 0.29) is 33.4 Å². The van der Waals surface area contributed by atoms with Crippen LogP contribution in [0.5, 0.6) is 5.75 Å². The molecule has 1 atom stereocenters. The van der Waals surface area contributed by atoms with E-state index in [1.54, 1.807) is 30.3 Å². The minimum absolute atomic E-state index is 0.0249. The van der Waals surface area contributed by atoms with Crippen molar-refractivity contribution in [3.63, 3.8) is 0 Å². The number of phenols is 1. The van der Waals surface area contributed by atoms with Crippen LogP contribution in [-0.4, -0.2) is 44.2 Å². The summed E-state index contributed by atoms with van der Waals surface area (Å²) in [6.07, 6.45) is 0. The van der Waals surface area contributed by atoms with Crippen molar-refractivity contribution in [3.8, 4) is 11.8 Å². The Hall–Kier alpha value is -4.86. The van der Waals surface area contributed by atoms with Crippen LogP contribution in [0.1, 0.15) is 11.5 Å². The molecule has 0 amide bonds. The molecule has 0 spiro atoms. The van der Waals surface area contributed by atoms with Crippen LogP contribution in [0.3, 0.4) is 0 Å². The van der Waals surface area contributed by atoms with E-state index in [4.69, 9.17) is 15.2 Å². The van der Waals surface area contributed by atoms with Gasteiger partial charge in [-0.2, -0.15) is 13.7 Å². The van der Waals surface area contributed by atoms with Crippen LogP contribution in [0, 0.1) is 11.3 Å². The first-order valence-corrected chi connectivity index (χ1v) is 12.4. The van der Waals surface area contributed by atoms with Crippen molar-refractivity contribution >= 4 is 38.5 Å². The van der Waals surface area contributed by atoms with Crippen molar-refractivity contribution in [2.24, 2.45) is 5.73 Å². The number of carbonyl (C=O) groups is 2. The van der Waals surface area contributed by atoms with Gasteiger partial charge < -0.3 is 20.3 Å². The number of fused-ring (bicyclic) bond motifs is 1. The molecule has 0 radical (unpaired) electrons. The fraction of sp³-hybridized carbons (Fsp3) is 0.115. The number of nitriles is 1. The van der Waals surface area contributed by atoms with E-state index >= 15 is 0 Å². The monoisotopic (exact) mass is 535 g/mol. The minimum Gasteiger partial charge on any atom is -0.506 e. The van der Waals surface area contributed by atoms with Crippen molar-refractivity contribution in [2.75, 3.05) is 19.1 Å². The van der Waals surface area contributed by atoms with E-state index in [0.29, 0.717) is 5.56 Å². The maximum absolute atomic E-state index is 13.3. The molecule has 3 aromatic rings. The number of hydrogen-bond donors (Lipinski definition) is 3. The van der Waals surface area contributed by atoms with Gasteiger partial charge in [-0.1, -0.05) is 54.6 Å². The Morgan fingerprint density at radius 2 is 1.58 bits per heavy atom. The summed E-state index contributed by atoms with van der Waals surface area (Å²) in [6.45, 7) is 0. The van der Waals surface area contributed by atoms with Gasteiger partial charge >= 0.3 is 11.9 Å². The molecule has 4 N–H and O–H groups in total. The molecule has 0 saturated heterocycles. The Morgan fingerprint density at radius 1 is 1.00 bits per heavy atom. The van der Waals surface area contributed by atoms with Crippen molar-refractivity contribution < 1.29 is 37.1 Å². The fourth-order valence-electron chi connectivity index (χ4n) is 4.51. The Kier molecular flexibility index (Phi) is 6.82. The SMILES string of the molecule is COC(=O)C1=C(C(=O)OC)N(c2c(O)cc(S(=O)(=O)O)c3ccccc23)C(N)=C(C#N)C1c1ccccc1. The number of allylic oxidation sites excluding steroid dienone is 1. The number of nitrogens with two attached hydrogens (primary N) is 1. The topological polar surface area (TPSA) is 180 Å². The number of aromatic hydroxyl groups is 1. The van der Waals surface area contributed by atoms with Gasteiger partial charge in [0.2, 0.25) is 0 Å². The maximum atomic E-state index is 13.3. The number of carbonyl (C=O) groups excluding carboxylic acids is 2. The molecule has 0 saturated carbocycles. The van der Waals surface area contributed by atoms with Gasteiger partial charge in [-0.05, 0) is 5.56 Å². The summed E-state index contributed by atoms with van der Waals surface area (Å²) >= 11 is 0. The Balaban J connectivity index is 2.20. The molecule has 0 fully saturated rings. The average Bonchev–Trinajstić information content (AvgIpc) is 2.91. The zero-order chi connectivity index (χ0) is 27.8. The molecule has 1 aliphatic heterocycles. The molecule has 1 aliphatic rings. The van der Waals surface area contributed by atoms with Crippen LogP contribution >= 0.6 is 0 Å². The van der Waals surface area contributed by atoms with Gasteiger partial charge in [-0.15, -0.1) is 0 Å². The van der Waals surface area contributed by atoms with Crippen molar-refractivity contribution in [2.45, 2.75) is 10.8 Å². The van der Waals surface area contributed by atoms with Crippen molar-refractivity contribution in [1.29, 1.82) is 5.26 Å². The van der Waals surface area contributed by atoms with E-state index in [1.807, 2.05) is 6.07 Å².